The summed E-state index contributed by atoms with van der Waals surface area (Å²) in [6.07, 6.45) is 0.554. The minimum Gasteiger partial charge on any atom is -0.507 e. The lowest BCUT2D eigenvalue weighted by Crippen LogP contribution is -2.31. The second kappa shape index (κ2) is 10.4. The Morgan fingerprint density at radius 2 is 1.80 bits per heavy atom. The van der Waals surface area contributed by atoms with Crippen LogP contribution < -0.4 is 0 Å². The molecule has 1 aliphatic heterocycles. The van der Waals surface area contributed by atoms with E-state index >= 15 is 0 Å². The highest BCUT2D eigenvalue weighted by atomic mass is 16.6. The van der Waals surface area contributed by atoms with Crippen molar-refractivity contribution in [2.45, 2.75) is 58.6 Å². The summed E-state index contributed by atoms with van der Waals surface area (Å²) in [5, 5.41) is 22.4. The van der Waals surface area contributed by atoms with Crippen LogP contribution in [0.15, 0.2) is 54.1 Å². The molecule has 0 aromatic heterocycles. The second-order valence-corrected chi connectivity index (χ2v) is 9.95. The van der Waals surface area contributed by atoms with E-state index in [2.05, 4.69) is 20.8 Å². The number of non-ortho nitro benzene ring substituents is 1. The Morgan fingerprint density at radius 1 is 1.14 bits per heavy atom. The molecule has 1 heterocycles. The largest absolute Gasteiger partial charge is 0.507 e. The van der Waals surface area contributed by atoms with Crippen LogP contribution in [0.3, 0.4) is 0 Å². The van der Waals surface area contributed by atoms with Crippen molar-refractivity contribution in [3.63, 3.8) is 0 Å². The molecule has 1 unspecified atom stereocenters. The summed E-state index contributed by atoms with van der Waals surface area (Å²) in [6.45, 7) is 10.8. The van der Waals surface area contributed by atoms with Crippen molar-refractivity contribution in [3.05, 3.63) is 80.9 Å². The van der Waals surface area contributed by atoms with E-state index in [-0.39, 0.29) is 34.9 Å². The van der Waals surface area contributed by atoms with Crippen LogP contribution in [0.2, 0.25) is 0 Å². The Morgan fingerprint density at radius 3 is 2.37 bits per heavy atom. The molecule has 2 aromatic rings. The topological polar surface area (TPSA) is 110 Å². The zero-order chi connectivity index (χ0) is 25.9. The number of ketones is 1. The average Bonchev–Trinajstić information content (AvgIpc) is 3.05. The number of hydrogen-bond donors (Lipinski definition) is 1. The van der Waals surface area contributed by atoms with Crippen molar-refractivity contribution >= 4 is 23.1 Å². The first-order valence-electron chi connectivity index (χ1n) is 11.7. The monoisotopic (exact) mass is 480 g/mol. The number of nitro benzene ring substituents is 1. The van der Waals surface area contributed by atoms with Gasteiger partial charge in [0, 0.05) is 30.8 Å². The lowest BCUT2D eigenvalue weighted by Gasteiger charge is -2.26. The smallest absolute Gasteiger partial charge is 0.295 e. The molecule has 2 aromatic carbocycles. The molecule has 1 saturated heterocycles. The van der Waals surface area contributed by atoms with Crippen LogP contribution in [-0.2, 0) is 19.7 Å². The summed E-state index contributed by atoms with van der Waals surface area (Å²) in [5.41, 5.74) is 1.48. The number of carbonyl (C=O) groups is 2. The van der Waals surface area contributed by atoms with Gasteiger partial charge < -0.3 is 14.7 Å². The number of Topliss-reactive ketones (excluding diaryl/α,β-unsaturated/α-hetero) is 1. The lowest BCUT2D eigenvalue weighted by molar-refractivity contribution is -0.384. The Labute approximate surface area is 205 Å². The molecular weight excluding hydrogens is 448 g/mol. The Bertz CT molecular complexity index is 1150. The number of nitro groups is 1. The van der Waals surface area contributed by atoms with E-state index in [9.17, 15) is 24.8 Å². The van der Waals surface area contributed by atoms with Crippen molar-refractivity contribution in [1.82, 2.24) is 4.90 Å². The molecular formula is C27H32N2O6. The van der Waals surface area contributed by atoms with Gasteiger partial charge in [-0.15, -0.1) is 0 Å². The fourth-order valence-electron chi connectivity index (χ4n) is 4.10. The number of aliphatic hydroxyl groups excluding tert-OH is 1. The van der Waals surface area contributed by atoms with Gasteiger partial charge in [-0.25, -0.2) is 0 Å². The van der Waals surface area contributed by atoms with Crippen LogP contribution in [0.25, 0.3) is 5.76 Å². The van der Waals surface area contributed by atoms with Crippen molar-refractivity contribution in [2.75, 3.05) is 13.2 Å². The number of ether oxygens (including phenoxy) is 1. The molecule has 0 bridgehead atoms. The average molecular weight is 481 g/mol. The Balaban J connectivity index is 2.09. The highest BCUT2D eigenvalue weighted by Gasteiger charge is 2.46. The van der Waals surface area contributed by atoms with Gasteiger partial charge in [-0.3, -0.25) is 19.7 Å². The SMILES string of the molecule is CC(C)OCCCN1C(=O)C(=O)/C(=C(\O)c2cccc([N+](=O)[O-])c2)C1c1ccc(C(C)(C)C)cc1. The summed E-state index contributed by atoms with van der Waals surface area (Å²) in [4.78, 5) is 38.3. The third-order valence-corrected chi connectivity index (χ3v) is 5.96. The van der Waals surface area contributed by atoms with Crippen molar-refractivity contribution < 1.29 is 24.4 Å². The molecule has 0 saturated carbocycles. The minimum absolute atomic E-state index is 0.0417. The predicted octanol–water partition coefficient (Wildman–Crippen LogP) is 5.13. The molecule has 0 spiro atoms. The number of likely N-dealkylation sites (tertiary alicyclic amines) is 1. The van der Waals surface area contributed by atoms with Crippen LogP contribution in [0, 0.1) is 10.1 Å². The number of carbonyl (C=O) groups excluding carboxylic acids is 2. The molecule has 3 rings (SSSR count). The quantitative estimate of drug-likeness (QED) is 0.140. The van der Waals surface area contributed by atoms with Gasteiger partial charge in [0.05, 0.1) is 22.6 Å². The van der Waals surface area contributed by atoms with E-state index in [1.165, 1.54) is 29.2 Å². The number of benzene rings is 2. The number of rotatable bonds is 8. The summed E-state index contributed by atoms with van der Waals surface area (Å²) < 4.78 is 5.59. The van der Waals surface area contributed by atoms with Gasteiger partial charge in [-0.05, 0) is 36.8 Å². The normalized spacial score (nSPS) is 17.9. The van der Waals surface area contributed by atoms with Gasteiger partial charge in [0.2, 0.25) is 0 Å². The maximum Gasteiger partial charge on any atom is 0.295 e. The van der Waals surface area contributed by atoms with Crippen LogP contribution in [0.4, 0.5) is 5.69 Å². The number of aliphatic hydroxyl groups is 1. The third kappa shape index (κ3) is 5.77. The van der Waals surface area contributed by atoms with Crippen LogP contribution in [-0.4, -0.2) is 45.9 Å². The van der Waals surface area contributed by atoms with E-state index in [1.54, 1.807) is 0 Å². The summed E-state index contributed by atoms with van der Waals surface area (Å²) in [5.74, 6) is -1.96. The molecule has 1 atom stereocenters. The molecule has 0 aliphatic carbocycles. The van der Waals surface area contributed by atoms with Gasteiger partial charge in [0.1, 0.15) is 5.76 Å². The van der Waals surface area contributed by atoms with Crippen molar-refractivity contribution in [2.24, 2.45) is 0 Å². The minimum atomic E-state index is -0.817. The second-order valence-electron chi connectivity index (χ2n) is 9.95. The molecule has 1 aliphatic rings. The van der Waals surface area contributed by atoms with Crippen molar-refractivity contribution in [1.29, 1.82) is 0 Å². The fourth-order valence-corrected chi connectivity index (χ4v) is 4.10. The first-order valence-corrected chi connectivity index (χ1v) is 11.7. The molecule has 1 amide bonds. The maximum absolute atomic E-state index is 13.1. The molecule has 1 N–H and O–H groups in total. The van der Waals surface area contributed by atoms with Gasteiger partial charge in [-0.2, -0.15) is 0 Å². The van der Waals surface area contributed by atoms with Crippen LogP contribution >= 0.6 is 0 Å². The van der Waals surface area contributed by atoms with Gasteiger partial charge in [0.15, 0.2) is 0 Å². The van der Waals surface area contributed by atoms with Crippen LogP contribution in [0.1, 0.15) is 63.8 Å². The zero-order valence-electron chi connectivity index (χ0n) is 20.8. The number of amides is 1. The molecule has 8 nitrogen and oxygen atoms in total. The molecule has 1 fully saturated rings. The number of nitrogens with zero attached hydrogens (tertiary/aromatic N) is 2. The summed E-state index contributed by atoms with van der Waals surface area (Å²) in [7, 11) is 0. The fraction of sp³-hybridized carbons (Fsp3) is 0.407. The van der Waals surface area contributed by atoms with E-state index in [0.717, 1.165) is 5.56 Å². The Hall–Kier alpha value is -3.52. The third-order valence-electron chi connectivity index (χ3n) is 5.96. The first kappa shape index (κ1) is 26.1. The van der Waals surface area contributed by atoms with Gasteiger partial charge in [0.25, 0.3) is 17.4 Å². The summed E-state index contributed by atoms with van der Waals surface area (Å²) >= 11 is 0. The summed E-state index contributed by atoms with van der Waals surface area (Å²) in [6, 6.07) is 12.2. The highest BCUT2D eigenvalue weighted by Crippen LogP contribution is 2.40. The zero-order valence-corrected chi connectivity index (χ0v) is 20.8. The molecule has 35 heavy (non-hydrogen) atoms. The Kier molecular flexibility index (Phi) is 7.75. The number of hydrogen-bond acceptors (Lipinski definition) is 6. The standard InChI is InChI=1S/C27H32N2O6/c1-17(2)35-15-7-14-28-23(18-10-12-20(13-11-18)27(3,4)5)22(25(31)26(28)32)24(30)19-8-6-9-21(16-19)29(33)34/h6,8-13,16-17,23,30H,7,14-15H2,1-5H3/b24-22-. The molecule has 0 radical (unpaired) electrons. The van der Waals surface area contributed by atoms with Crippen molar-refractivity contribution in [3.8, 4) is 0 Å². The molecule has 186 valence electrons. The van der Waals surface area contributed by atoms with E-state index in [4.69, 9.17) is 4.74 Å². The van der Waals surface area contributed by atoms with E-state index in [0.29, 0.717) is 18.6 Å². The van der Waals surface area contributed by atoms with E-state index < -0.39 is 28.4 Å². The van der Waals surface area contributed by atoms with Gasteiger partial charge in [-0.1, -0.05) is 57.2 Å². The van der Waals surface area contributed by atoms with Crippen LogP contribution in [0.5, 0.6) is 0 Å². The maximum atomic E-state index is 13.1. The predicted molar refractivity (Wildman–Crippen MR) is 133 cm³/mol. The highest BCUT2D eigenvalue weighted by molar-refractivity contribution is 6.46. The van der Waals surface area contributed by atoms with E-state index in [1.807, 2.05) is 38.1 Å². The lowest BCUT2D eigenvalue weighted by atomic mass is 9.85. The first-order chi connectivity index (χ1) is 16.4. The van der Waals surface area contributed by atoms with Gasteiger partial charge >= 0.3 is 0 Å². The molecule has 8 heteroatoms.